The van der Waals surface area contributed by atoms with Crippen LogP contribution in [0.1, 0.15) is 37.7 Å². The number of pyridine rings is 1. The quantitative estimate of drug-likeness (QED) is 0.906. The van der Waals surface area contributed by atoms with Crippen molar-refractivity contribution in [2.75, 3.05) is 7.11 Å². The van der Waals surface area contributed by atoms with Crippen LogP contribution in [0.15, 0.2) is 12.3 Å². The topological polar surface area (TPSA) is 59.4 Å². The second kappa shape index (κ2) is 5.07. The van der Waals surface area contributed by atoms with E-state index in [1.807, 2.05) is 0 Å². The maximum atomic E-state index is 13.5. The van der Waals surface area contributed by atoms with Crippen LogP contribution in [0.5, 0.6) is 5.88 Å². The van der Waals surface area contributed by atoms with Gasteiger partial charge in [-0.3, -0.25) is 4.21 Å². The number of methoxy groups -OCH3 is 1. The number of ether oxygens (including phenoxy) is 1. The molecule has 20 heavy (non-hydrogen) atoms. The Balaban J connectivity index is 2.00. The molecule has 2 bridgehead atoms. The highest BCUT2D eigenvalue weighted by Crippen LogP contribution is 2.46. The van der Waals surface area contributed by atoms with Crippen molar-refractivity contribution in [3.05, 3.63) is 23.6 Å². The third-order valence-corrected chi connectivity index (χ3v) is 6.47. The summed E-state index contributed by atoms with van der Waals surface area (Å²) < 4.78 is 30.9. The lowest BCUT2D eigenvalue weighted by molar-refractivity contribution is 0.00369. The van der Waals surface area contributed by atoms with Gasteiger partial charge in [0, 0.05) is 26.9 Å². The second-order valence-corrected chi connectivity index (χ2v) is 7.64. The molecule has 0 aromatic carbocycles. The van der Waals surface area contributed by atoms with E-state index in [-0.39, 0.29) is 16.4 Å². The van der Waals surface area contributed by atoms with Crippen molar-refractivity contribution in [3.8, 4) is 5.88 Å². The summed E-state index contributed by atoms with van der Waals surface area (Å²) in [5.74, 6) is -0.245. The fourth-order valence-electron chi connectivity index (χ4n) is 3.43. The van der Waals surface area contributed by atoms with Crippen molar-refractivity contribution in [1.82, 2.24) is 4.98 Å². The van der Waals surface area contributed by atoms with Crippen molar-refractivity contribution in [2.24, 2.45) is 0 Å². The highest BCUT2D eigenvalue weighted by atomic mass is 32.2. The standard InChI is InChI=1S/C14H18FNO3S/c1-19-13-12(5-9(15)8-16-13)14(17)6-10-3-2-4-11(7-14)20(10)18/h5,8,10-11,17H,2-4,6-7H2,1H3. The van der Waals surface area contributed by atoms with Crippen LogP contribution in [0.3, 0.4) is 0 Å². The molecule has 2 unspecified atom stereocenters. The van der Waals surface area contributed by atoms with E-state index >= 15 is 0 Å². The molecular formula is C14H18FNO3S. The molecule has 2 aliphatic rings. The largest absolute Gasteiger partial charge is 0.481 e. The van der Waals surface area contributed by atoms with Crippen LogP contribution in [0, 0.1) is 5.82 Å². The maximum Gasteiger partial charge on any atom is 0.219 e. The molecule has 3 rings (SSSR count). The van der Waals surface area contributed by atoms with Gasteiger partial charge in [-0.1, -0.05) is 6.42 Å². The fourth-order valence-corrected chi connectivity index (χ4v) is 5.65. The van der Waals surface area contributed by atoms with Gasteiger partial charge in [0.25, 0.3) is 0 Å². The molecule has 0 spiro atoms. The molecule has 0 saturated carbocycles. The summed E-state index contributed by atoms with van der Waals surface area (Å²) in [6.07, 6.45) is 4.62. The van der Waals surface area contributed by atoms with Gasteiger partial charge >= 0.3 is 0 Å². The second-order valence-electron chi connectivity index (χ2n) is 5.65. The fraction of sp³-hybridized carbons (Fsp3) is 0.643. The number of rotatable bonds is 2. The van der Waals surface area contributed by atoms with Gasteiger partial charge in [-0.05, 0) is 31.7 Å². The predicted molar refractivity (Wildman–Crippen MR) is 73.4 cm³/mol. The first-order valence-electron chi connectivity index (χ1n) is 6.85. The number of halogens is 1. The van der Waals surface area contributed by atoms with Crippen LogP contribution in [0.25, 0.3) is 0 Å². The zero-order chi connectivity index (χ0) is 14.3. The van der Waals surface area contributed by atoms with E-state index in [0.29, 0.717) is 18.4 Å². The number of fused-ring (bicyclic) bond motifs is 2. The summed E-state index contributed by atoms with van der Waals surface area (Å²) >= 11 is 0. The highest BCUT2D eigenvalue weighted by molar-refractivity contribution is 7.86. The van der Waals surface area contributed by atoms with Gasteiger partial charge < -0.3 is 9.84 Å². The minimum atomic E-state index is -1.19. The zero-order valence-electron chi connectivity index (χ0n) is 11.3. The molecular weight excluding hydrogens is 281 g/mol. The summed E-state index contributed by atoms with van der Waals surface area (Å²) in [7, 11) is 0.568. The van der Waals surface area contributed by atoms with Gasteiger partial charge in [0.1, 0.15) is 5.82 Å². The molecule has 1 aromatic rings. The molecule has 1 aromatic heterocycles. The molecule has 4 nitrogen and oxygen atoms in total. The number of aliphatic hydroxyl groups is 1. The average molecular weight is 299 g/mol. The molecule has 2 atom stereocenters. The van der Waals surface area contributed by atoms with E-state index in [1.165, 1.54) is 13.2 Å². The zero-order valence-corrected chi connectivity index (χ0v) is 12.2. The molecule has 2 saturated heterocycles. The Bertz CT molecular complexity index is 535. The average Bonchev–Trinajstić information content (AvgIpc) is 2.41. The SMILES string of the molecule is COc1ncc(F)cc1C1(O)CC2CCCC(C1)S2=O. The van der Waals surface area contributed by atoms with Crippen LogP contribution in [0.2, 0.25) is 0 Å². The number of aromatic nitrogens is 1. The third-order valence-electron chi connectivity index (χ3n) is 4.35. The summed E-state index contributed by atoms with van der Waals surface area (Å²) in [5.41, 5.74) is -0.807. The first-order chi connectivity index (χ1) is 9.53. The molecule has 0 aliphatic carbocycles. The van der Waals surface area contributed by atoms with Crippen molar-refractivity contribution >= 4 is 10.8 Å². The Kier molecular flexibility index (Phi) is 3.54. The third kappa shape index (κ3) is 2.24. The van der Waals surface area contributed by atoms with Gasteiger partial charge in [0.2, 0.25) is 5.88 Å². The smallest absolute Gasteiger partial charge is 0.219 e. The van der Waals surface area contributed by atoms with E-state index in [0.717, 1.165) is 25.5 Å². The molecule has 2 fully saturated rings. The Morgan fingerprint density at radius 3 is 2.70 bits per heavy atom. The van der Waals surface area contributed by atoms with Crippen LogP contribution in [-0.4, -0.2) is 31.9 Å². The van der Waals surface area contributed by atoms with Gasteiger partial charge in [0.05, 0.1) is 18.9 Å². The van der Waals surface area contributed by atoms with E-state index in [1.54, 1.807) is 0 Å². The number of hydrogen-bond donors (Lipinski definition) is 1. The molecule has 2 aliphatic heterocycles. The first-order valence-corrected chi connectivity index (χ1v) is 8.13. The van der Waals surface area contributed by atoms with Gasteiger partial charge in [0.15, 0.2) is 0 Å². The van der Waals surface area contributed by atoms with Crippen LogP contribution >= 0.6 is 0 Å². The summed E-state index contributed by atoms with van der Waals surface area (Å²) in [4.78, 5) is 3.90. The Labute approximate surface area is 119 Å². The van der Waals surface area contributed by atoms with E-state index in [4.69, 9.17) is 4.74 Å². The number of nitrogens with zero attached hydrogens (tertiary/aromatic N) is 1. The van der Waals surface area contributed by atoms with Crippen molar-refractivity contribution in [3.63, 3.8) is 0 Å². The van der Waals surface area contributed by atoms with E-state index < -0.39 is 22.2 Å². The molecule has 3 heterocycles. The maximum absolute atomic E-state index is 13.5. The van der Waals surface area contributed by atoms with Crippen molar-refractivity contribution in [2.45, 2.75) is 48.2 Å². The lowest BCUT2D eigenvalue weighted by Gasteiger charge is -2.43. The van der Waals surface area contributed by atoms with Crippen LogP contribution < -0.4 is 4.74 Å². The van der Waals surface area contributed by atoms with E-state index in [9.17, 15) is 13.7 Å². The van der Waals surface area contributed by atoms with E-state index in [2.05, 4.69) is 4.98 Å². The van der Waals surface area contributed by atoms with Gasteiger partial charge in [-0.15, -0.1) is 0 Å². The molecule has 6 heteroatoms. The minimum absolute atomic E-state index is 0.0135. The van der Waals surface area contributed by atoms with Crippen LogP contribution in [0.4, 0.5) is 4.39 Å². The lowest BCUT2D eigenvalue weighted by Crippen LogP contribution is -2.47. The Hall–Kier alpha value is -1.01. The predicted octanol–water partition coefficient (Wildman–Crippen LogP) is 1.88. The molecule has 0 amide bonds. The Morgan fingerprint density at radius 2 is 2.10 bits per heavy atom. The van der Waals surface area contributed by atoms with Gasteiger partial charge in [-0.2, -0.15) is 0 Å². The van der Waals surface area contributed by atoms with Crippen molar-refractivity contribution in [1.29, 1.82) is 0 Å². The van der Waals surface area contributed by atoms with Crippen LogP contribution in [-0.2, 0) is 16.4 Å². The lowest BCUT2D eigenvalue weighted by atomic mass is 9.81. The minimum Gasteiger partial charge on any atom is -0.481 e. The Morgan fingerprint density at radius 1 is 1.45 bits per heavy atom. The summed E-state index contributed by atoms with van der Waals surface area (Å²) in [6, 6.07) is 1.29. The van der Waals surface area contributed by atoms with Gasteiger partial charge in [-0.25, -0.2) is 9.37 Å². The monoisotopic (exact) mass is 299 g/mol. The summed E-state index contributed by atoms with van der Waals surface area (Å²) in [5, 5.41) is 11.0. The molecule has 1 N–H and O–H groups in total. The molecule has 0 radical (unpaired) electrons. The summed E-state index contributed by atoms with van der Waals surface area (Å²) in [6.45, 7) is 0. The number of hydrogen-bond acceptors (Lipinski definition) is 4. The first kappa shape index (κ1) is 13.9. The highest BCUT2D eigenvalue weighted by Gasteiger charge is 2.47. The normalized spacial score (nSPS) is 36.6. The van der Waals surface area contributed by atoms with Crippen molar-refractivity contribution < 1.29 is 18.4 Å². The molecule has 110 valence electrons.